The van der Waals surface area contributed by atoms with Gasteiger partial charge in [0.05, 0.1) is 11.3 Å². The molecule has 1 saturated heterocycles. The SMILES string of the molecule is CC1(O)CCCN(Cc2cccnc2CN)CC1. The van der Waals surface area contributed by atoms with Gasteiger partial charge in [-0.25, -0.2) is 0 Å². The van der Waals surface area contributed by atoms with E-state index in [4.69, 9.17) is 5.73 Å². The average molecular weight is 249 g/mol. The smallest absolute Gasteiger partial charge is 0.0632 e. The molecule has 0 bridgehead atoms. The van der Waals surface area contributed by atoms with Crippen LogP contribution in [0.3, 0.4) is 0 Å². The van der Waals surface area contributed by atoms with Crippen molar-refractivity contribution < 1.29 is 5.11 Å². The Bertz CT molecular complexity index is 392. The fraction of sp³-hybridized carbons (Fsp3) is 0.643. The van der Waals surface area contributed by atoms with Gasteiger partial charge in [-0.1, -0.05) is 6.07 Å². The summed E-state index contributed by atoms with van der Waals surface area (Å²) in [7, 11) is 0. The largest absolute Gasteiger partial charge is 0.390 e. The summed E-state index contributed by atoms with van der Waals surface area (Å²) in [6, 6.07) is 4.06. The molecular weight excluding hydrogens is 226 g/mol. The first-order chi connectivity index (χ1) is 8.61. The van der Waals surface area contributed by atoms with Gasteiger partial charge in [-0.15, -0.1) is 0 Å². The Morgan fingerprint density at radius 3 is 3.06 bits per heavy atom. The van der Waals surface area contributed by atoms with E-state index in [-0.39, 0.29) is 0 Å². The molecule has 0 aromatic carbocycles. The van der Waals surface area contributed by atoms with E-state index in [1.807, 2.05) is 13.0 Å². The molecule has 1 aromatic heterocycles. The topological polar surface area (TPSA) is 62.4 Å². The Morgan fingerprint density at radius 2 is 2.28 bits per heavy atom. The van der Waals surface area contributed by atoms with E-state index in [1.54, 1.807) is 6.20 Å². The number of hydrogen-bond donors (Lipinski definition) is 2. The fourth-order valence-corrected chi connectivity index (χ4v) is 2.52. The van der Waals surface area contributed by atoms with Crippen LogP contribution in [-0.2, 0) is 13.1 Å². The zero-order valence-electron chi connectivity index (χ0n) is 11.1. The summed E-state index contributed by atoms with van der Waals surface area (Å²) in [4.78, 5) is 6.70. The van der Waals surface area contributed by atoms with Crippen LogP contribution in [0.2, 0.25) is 0 Å². The number of nitrogens with two attached hydrogens (primary N) is 1. The molecule has 4 nitrogen and oxygen atoms in total. The molecule has 2 heterocycles. The molecule has 0 saturated carbocycles. The highest BCUT2D eigenvalue weighted by Crippen LogP contribution is 2.22. The van der Waals surface area contributed by atoms with Crippen molar-refractivity contribution in [3.05, 3.63) is 29.6 Å². The second-order valence-corrected chi connectivity index (χ2v) is 5.44. The maximum Gasteiger partial charge on any atom is 0.0632 e. The summed E-state index contributed by atoms with van der Waals surface area (Å²) in [6.45, 7) is 5.28. The molecule has 1 fully saturated rings. The third-order valence-corrected chi connectivity index (χ3v) is 3.73. The lowest BCUT2D eigenvalue weighted by atomic mass is 9.98. The van der Waals surface area contributed by atoms with Crippen LogP contribution < -0.4 is 5.73 Å². The van der Waals surface area contributed by atoms with Gasteiger partial charge in [0.25, 0.3) is 0 Å². The third-order valence-electron chi connectivity index (χ3n) is 3.73. The van der Waals surface area contributed by atoms with Crippen molar-refractivity contribution in [3.8, 4) is 0 Å². The molecule has 1 unspecified atom stereocenters. The molecule has 1 aliphatic rings. The summed E-state index contributed by atoms with van der Waals surface area (Å²) in [6.07, 6.45) is 4.57. The number of rotatable bonds is 3. The van der Waals surface area contributed by atoms with Crippen molar-refractivity contribution in [2.45, 2.75) is 44.9 Å². The normalized spacial score (nSPS) is 25.9. The maximum absolute atomic E-state index is 10.1. The lowest BCUT2D eigenvalue weighted by molar-refractivity contribution is 0.0444. The minimum absolute atomic E-state index is 0.488. The van der Waals surface area contributed by atoms with Crippen LogP contribution in [0.25, 0.3) is 0 Å². The van der Waals surface area contributed by atoms with E-state index in [1.165, 1.54) is 5.56 Å². The Balaban J connectivity index is 2.01. The van der Waals surface area contributed by atoms with Crippen molar-refractivity contribution in [1.29, 1.82) is 0 Å². The molecule has 3 N–H and O–H groups in total. The second kappa shape index (κ2) is 5.78. The van der Waals surface area contributed by atoms with Gasteiger partial charge < -0.3 is 10.8 Å². The van der Waals surface area contributed by atoms with Gasteiger partial charge in [-0.2, -0.15) is 0 Å². The van der Waals surface area contributed by atoms with Gasteiger partial charge in [0, 0.05) is 25.8 Å². The standard InChI is InChI=1S/C14H23N3O/c1-14(18)5-3-8-17(9-6-14)11-12-4-2-7-16-13(12)10-15/h2,4,7,18H,3,5-6,8-11,15H2,1H3. The van der Waals surface area contributed by atoms with Crippen LogP contribution in [0.4, 0.5) is 0 Å². The molecule has 0 spiro atoms. The molecular formula is C14H23N3O. The molecule has 0 aliphatic carbocycles. The third kappa shape index (κ3) is 3.51. The summed E-state index contributed by atoms with van der Waals surface area (Å²) in [5, 5.41) is 10.1. The lowest BCUT2D eigenvalue weighted by Gasteiger charge is -2.23. The molecule has 1 aromatic rings. The van der Waals surface area contributed by atoms with E-state index in [0.717, 1.165) is 44.6 Å². The predicted molar refractivity (Wildman–Crippen MR) is 71.9 cm³/mol. The molecule has 0 amide bonds. The minimum Gasteiger partial charge on any atom is -0.390 e. The van der Waals surface area contributed by atoms with Gasteiger partial charge >= 0.3 is 0 Å². The number of aliphatic hydroxyl groups is 1. The molecule has 1 atom stereocenters. The first-order valence-electron chi connectivity index (χ1n) is 6.68. The molecule has 18 heavy (non-hydrogen) atoms. The van der Waals surface area contributed by atoms with Gasteiger partial charge in [-0.3, -0.25) is 9.88 Å². The quantitative estimate of drug-likeness (QED) is 0.847. The lowest BCUT2D eigenvalue weighted by Crippen LogP contribution is -2.28. The highest BCUT2D eigenvalue weighted by atomic mass is 16.3. The zero-order chi connectivity index (χ0) is 13.0. The summed E-state index contributed by atoms with van der Waals surface area (Å²) >= 11 is 0. The molecule has 100 valence electrons. The number of nitrogens with zero attached hydrogens (tertiary/aromatic N) is 2. The number of pyridine rings is 1. The maximum atomic E-state index is 10.1. The van der Waals surface area contributed by atoms with E-state index >= 15 is 0 Å². The average Bonchev–Trinajstić information content (AvgIpc) is 2.52. The molecule has 0 radical (unpaired) electrons. The first kappa shape index (κ1) is 13.5. The predicted octanol–water partition coefficient (Wildman–Crippen LogP) is 1.28. The van der Waals surface area contributed by atoms with Crippen LogP contribution in [0.15, 0.2) is 18.3 Å². The Labute approximate surface area is 109 Å². The molecule has 2 rings (SSSR count). The van der Waals surface area contributed by atoms with Gasteiger partial charge in [0.2, 0.25) is 0 Å². The van der Waals surface area contributed by atoms with Crippen LogP contribution in [0.5, 0.6) is 0 Å². The van der Waals surface area contributed by atoms with Crippen LogP contribution >= 0.6 is 0 Å². The first-order valence-corrected chi connectivity index (χ1v) is 6.68. The number of likely N-dealkylation sites (tertiary alicyclic amines) is 1. The number of hydrogen-bond acceptors (Lipinski definition) is 4. The van der Waals surface area contributed by atoms with Gasteiger partial charge in [0.1, 0.15) is 0 Å². The number of aromatic nitrogens is 1. The van der Waals surface area contributed by atoms with E-state index in [0.29, 0.717) is 6.54 Å². The Morgan fingerprint density at radius 1 is 1.44 bits per heavy atom. The molecule has 1 aliphatic heterocycles. The monoisotopic (exact) mass is 249 g/mol. The summed E-state index contributed by atoms with van der Waals surface area (Å²) in [5.74, 6) is 0. The van der Waals surface area contributed by atoms with Crippen LogP contribution in [-0.4, -0.2) is 33.7 Å². The van der Waals surface area contributed by atoms with Crippen LogP contribution in [0.1, 0.15) is 37.4 Å². The van der Waals surface area contributed by atoms with Crippen molar-refractivity contribution in [2.24, 2.45) is 5.73 Å². The minimum atomic E-state index is -0.500. The summed E-state index contributed by atoms with van der Waals surface area (Å²) in [5.41, 5.74) is 7.40. The molecule has 4 heteroatoms. The van der Waals surface area contributed by atoms with E-state index in [9.17, 15) is 5.11 Å². The Kier molecular flexibility index (Phi) is 4.32. The Hall–Kier alpha value is -0.970. The van der Waals surface area contributed by atoms with Crippen molar-refractivity contribution in [2.75, 3.05) is 13.1 Å². The second-order valence-electron chi connectivity index (χ2n) is 5.44. The zero-order valence-corrected chi connectivity index (χ0v) is 11.1. The summed E-state index contributed by atoms with van der Waals surface area (Å²) < 4.78 is 0. The highest BCUT2D eigenvalue weighted by molar-refractivity contribution is 5.19. The van der Waals surface area contributed by atoms with Gasteiger partial charge in [0.15, 0.2) is 0 Å². The highest BCUT2D eigenvalue weighted by Gasteiger charge is 2.25. The van der Waals surface area contributed by atoms with E-state index in [2.05, 4.69) is 16.0 Å². The van der Waals surface area contributed by atoms with Crippen molar-refractivity contribution >= 4 is 0 Å². The van der Waals surface area contributed by atoms with Crippen molar-refractivity contribution in [3.63, 3.8) is 0 Å². The van der Waals surface area contributed by atoms with Gasteiger partial charge in [-0.05, 0) is 44.4 Å². The van der Waals surface area contributed by atoms with E-state index < -0.39 is 5.60 Å². The van der Waals surface area contributed by atoms with Crippen molar-refractivity contribution in [1.82, 2.24) is 9.88 Å². The van der Waals surface area contributed by atoms with Crippen LogP contribution in [0, 0.1) is 0 Å². The fourth-order valence-electron chi connectivity index (χ4n) is 2.52.